The maximum Gasteiger partial charge on any atom is 0.226 e. The number of benzene rings is 1. The summed E-state index contributed by atoms with van der Waals surface area (Å²) in [4.78, 5) is 4.23. The van der Waals surface area contributed by atoms with Gasteiger partial charge in [0.1, 0.15) is 5.82 Å². The minimum atomic E-state index is -0.244. The normalized spacial score (nSPS) is 10.8. The van der Waals surface area contributed by atoms with Gasteiger partial charge in [0.05, 0.1) is 0 Å². The average Bonchev–Trinajstić information content (AvgIpc) is 2.80. The lowest BCUT2D eigenvalue weighted by molar-refractivity contribution is 0.370. The third-order valence-electron chi connectivity index (χ3n) is 2.66. The maximum absolute atomic E-state index is 13.4. The van der Waals surface area contributed by atoms with Crippen LogP contribution in [0, 0.1) is 5.82 Å². The molecular formula is C13H16FN3O. The molecule has 0 saturated carbocycles. The molecule has 0 aliphatic heterocycles. The standard InChI is InChI=1S/C13H16FN3O/c14-11-6-2-1-5-10(11)9-12-16-13(18-17-12)7-3-4-8-15/h1-2,5-6H,3-4,7-9,15H2. The van der Waals surface area contributed by atoms with Gasteiger partial charge in [-0.1, -0.05) is 23.4 Å². The van der Waals surface area contributed by atoms with E-state index in [0.29, 0.717) is 30.2 Å². The van der Waals surface area contributed by atoms with Crippen molar-refractivity contribution in [2.75, 3.05) is 6.54 Å². The molecule has 0 bridgehead atoms. The quantitative estimate of drug-likeness (QED) is 0.796. The Bertz CT molecular complexity index is 498. The van der Waals surface area contributed by atoms with Gasteiger partial charge in [0.25, 0.3) is 0 Å². The van der Waals surface area contributed by atoms with E-state index in [9.17, 15) is 4.39 Å². The number of aryl methyl sites for hydroxylation is 1. The molecule has 2 N–H and O–H groups in total. The second kappa shape index (κ2) is 6.26. The minimum absolute atomic E-state index is 0.244. The fraction of sp³-hybridized carbons (Fsp3) is 0.385. The first-order valence-corrected chi connectivity index (χ1v) is 6.04. The van der Waals surface area contributed by atoms with E-state index in [4.69, 9.17) is 10.3 Å². The zero-order valence-corrected chi connectivity index (χ0v) is 10.1. The van der Waals surface area contributed by atoms with E-state index in [-0.39, 0.29) is 5.82 Å². The summed E-state index contributed by atoms with van der Waals surface area (Å²) >= 11 is 0. The number of hydrogen-bond donors (Lipinski definition) is 1. The Morgan fingerprint density at radius 1 is 1.22 bits per heavy atom. The van der Waals surface area contributed by atoms with Crippen LogP contribution in [0.4, 0.5) is 4.39 Å². The number of nitrogens with two attached hydrogens (primary N) is 1. The molecular weight excluding hydrogens is 233 g/mol. The van der Waals surface area contributed by atoms with Crippen molar-refractivity contribution >= 4 is 0 Å². The van der Waals surface area contributed by atoms with Crippen LogP contribution in [0.5, 0.6) is 0 Å². The van der Waals surface area contributed by atoms with Gasteiger partial charge < -0.3 is 10.3 Å². The summed E-state index contributed by atoms with van der Waals surface area (Å²) < 4.78 is 18.5. The van der Waals surface area contributed by atoms with Crippen molar-refractivity contribution in [2.45, 2.75) is 25.7 Å². The van der Waals surface area contributed by atoms with Crippen LogP contribution in [0.1, 0.15) is 30.1 Å². The van der Waals surface area contributed by atoms with E-state index < -0.39 is 0 Å². The van der Waals surface area contributed by atoms with Crippen molar-refractivity contribution in [3.05, 3.63) is 47.4 Å². The number of rotatable bonds is 6. The summed E-state index contributed by atoms with van der Waals surface area (Å²) in [5, 5.41) is 3.85. The Balaban J connectivity index is 1.96. The minimum Gasteiger partial charge on any atom is -0.339 e. The molecule has 0 atom stereocenters. The van der Waals surface area contributed by atoms with Crippen molar-refractivity contribution in [1.29, 1.82) is 0 Å². The average molecular weight is 249 g/mol. The molecule has 4 nitrogen and oxygen atoms in total. The monoisotopic (exact) mass is 249 g/mol. The molecule has 1 heterocycles. The molecule has 5 heteroatoms. The summed E-state index contributed by atoms with van der Waals surface area (Å²) in [5.74, 6) is 0.865. The predicted molar refractivity (Wildman–Crippen MR) is 65.5 cm³/mol. The summed E-state index contributed by atoms with van der Waals surface area (Å²) in [7, 11) is 0. The van der Waals surface area contributed by atoms with Crippen LogP contribution in [0.2, 0.25) is 0 Å². The number of hydrogen-bond acceptors (Lipinski definition) is 4. The zero-order valence-electron chi connectivity index (χ0n) is 10.1. The highest BCUT2D eigenvalue weighted by molar-refractivity contribution is 5.20. The highest BCUT2D eigenvalue weighted by atomic mass is 19.1. The van der Waals surface area contributed by atoms with Crippen molar-refractivity contribution in [1.82, 2.24) is 10.1 Å². The number of halogens is 1. The van der Waals surface area contributed by atoms with E-state index in [1.807, 2.05) is 0 Å². The van der Waals surface area contributed by atoms with Gasteiger partial charge in [0.2, 0.25) is 5.89 Å². The Kier molecular flexibility index (Phi) is 4.41. The van der Waals surface area contributed by atoms with Crippen LogP contribution < -0.4 is 5.73 Å². The molecule has 0 saturated heterocycles. The first kappa shape index (κ1) is 12.7. The van der Waals surface area contributed by atoms with Gasteiger partial charge in [-0.25, -0.2) is 4.39 Å². The van der Waals surface area contributed by atoms with E-state index in [1.165, 1.54) is 6.07 Å². The summed E-state index contributed by atoms with van der Waals surface area (Å²) in [5.41, 5.74) is 5.98. The smallest absolute Gasteiger partial charge is 0.226 e. The molecule has 1 aromatic heterocycles. The second-order valence-electron chi connectivity index (χ2n) is 4.12. The molecule has 0 radical (unpaired) electrons. The van der Waals surface area contributed by atoms with Crippen LogP contribution in [0.25, 0.3) is 0 Å². The lowest BCUT2D eigenvalue weighted by atomic mass is 10.1. The molecule has 0 aliphatic rings. The van der Waals surface area contributed by atoms with Gasteiger partial charge in [-0.3, -0.25) is 0 Å². The largest absolute Gasteiger partial charge is 0.339 e. The lowest BCUT2D eigenvalue weighted by Gasteiger charge is -1.97. The molecule has 0 amide bonds. The third-order valence-corrected chi connectivity index (χ3v) is 2.66. The number of unbranched alkanes of at least 4 members (excludes halogenated alkanes) is 1. The first-order valence-electron chi connectivity index (χ1n) is 6.04. The van der Waals surface area contributed by atoms with Gasteiger partial charge in [-0.2, -0.15) is 4.98 Å². The molecule has 18 heavy (non-hydrogen) atoms. The molecule has 2 aromatic rings. The van der Waals surface area contributed by atoms with Crippen LogP contribution in [-0.2, 0) is 12.8 Å². The fourth-order valence-corrected chi connectivity index (χ4v) is 1.70. The zero-order chi connectivity index (χ0) is 12.8. The molecule has 0 fully saturated rings. The van der Waals surface area contributed by atoms with E-state index >= 15 is 0 Å². The van der Waals surface area contributed by atoms with Crippen molar-refractivity contribution < 1.29 is 8.91 Å². The molecule has 0 spiro atoms. The van der Waals surface area contributed by atoms with E-state index in [1.54, 1.807) is 18.2 Å². The summed E-state index contributed by atoms with van der Waals surface area (Å²) in [6.07, 6.45) is 2.94. The number of nitrogens with zero attached hydrogens (tertiary/aromatic N) is 2. The summed E-state index contributed by atoms with van der Waals surface area (Å²) in [6.45, 7) is 0.663. The maximum atomic E-state index is 13.4. The van der Waals surface area contributed by atoms with E-state index in [0.717, 1.165) is 19.3 Å². The van der Waals surface area contributed by atoms with Gasteiger partial charge >= 0.3 is 0 Å². The fourth-order valence-electron chi connectivity index (χ4n) is 1.70. The topological polar surface area (TPSA) is 64.9 Å². The molecule has 0 aliphatic carbocycles. The third kappa shape index (κ3) is 3.37. The van der Waals surface area contributed by atoms with Crippen LogP contribution in [0.15, 0.2) is 28.8 Å². The van der Waals surface area contributed by atoms with Gasteiger partial charge in [-0.05, 0) is 31.0 Å². The van der Waals surface area contributed by atoms with Gasteiger partial charge in [0, 0.05) is 12.8 Å². The SMILES string of the molecule is NCCCCc1nc(Cc2ccccc2F)no1. The highest BCUT2D eigenvalue weighted by Gasteiger charge is 2.09. The highest BCUT2D eigenvalue weighted by Crippen LogP contribution is 2.11. The molecule has 96 valence electrons. The lowest BCUT2D eigenvalue weighted by Crippen LogP contribution is -1.99. The molecule has 1 aromatic carbocycles. The first-order chi connectivity index (χ1) is 8.79. The molecule has 2 rings (SSSR count). The van der Waals surface area contributed by atoms with Crippen molar-refractivity contribution in [2.24, 2.45) is 5.73 Å². The van der Waals surface area contributed by atoms with Crippen LogP contribution in [0.3, 0.4) is 0 Å². The van der Waals surface area contributed by atoms with Gasteiger partial charge in [0.15, 0.2) is 5.82 Å². The summed E-state index contributed by atoms with van der Waals surface area (Å²) in [6, 6.07) is 6.60. The van der Waals surface area contributed by atoms with E-state index in [2.05, 4.69) is 10.1 Å². The number of aromatic nitrogens is 2. The van der Waals surface area contributed by atoms with Crippen molar-refractivity contribution in [3.8, 4) is 0 Å². The Labute approximate surface area is 105 Å². The van der Waals surface area contributed by atoms with Crippen LogP contribution >= 0.6 is 0 Å². The van der Waals surface area contributed by atoms with Crippen LogP contribution in [-0.4, -0.2) is 16.7 Å². The second-order valence-corrected chi connectivity index (χ2v) is 4.12. The van der Waals surface area contributed by atoms with Gasteiger partial charge in [-0.15, -0.1) is 0 Å². The Morgan fingerprint density at radius 3 is 2.83 bits per heavy atom. The Hall–Kier alpha value is -1.75. The predicted octanol–water partition coefficient (Wildman–Crippen LogP) is 2.08. The van der Waals surface area contributed by atoms with Crippen molar-refractivity contribution in [3.63, 3.8) is 0 Å². The Morgan fingerprint density at radius 2 is 2.06 bits per heavy atom. The molecule has 0 unspecified atom stereocenters.